The van der Waals surface area contributed by atoms with Crippen LogP contribution in [0, 0.1) is 0 Å². The highest BCUT2D eigenvalue weighted by Gasteiger charge is 2.37. The summed E-state index contributed by atoms with van der Waals surface area (Å²) in [7, 11) is 0. The van der Waals surface area contributed by atoms with Gasteiger partial charge in [-0.3, -0.25) is 0 Å². The highest BCUT2D eigenvalue weighted by Crippen LogP contribution is 2.29. The van der Waals surface area contributed by atoms with Crippen LogP contribution in [0.4, 0.5) is 18.0 Å². The van der Waals surface area contributed by atoms with Gasteiger partial charge in [-0.25, -0.2) is 4.79 Å². The number of rotatable bonds is 4. The molecule has 0 aliphatic carbocycles. The molecule has 1 aromatic carbocycles. The largest absolute Gasteiger partial charge is 0.444 e. The molecule has 1 aliphatic rings. The molecule has 0 aromatic heterocycles. The average Bonchev–Trinajstić information content (AvgIpc) is 2.94. The van der Waals surface area contributed by atoms with E-state index in [-0.39, 0.29) is 19.7 Å². The molecule has 2 atom stereocenters. The number of halogens is 3. The van der Waals surface area contributed by atoms with E-state index in [2.05, 4.69) is 10.0 Å². The minimum absolute atomic E-state index is 0.0302. The normalized spacial score (nSPS) is 20.3. The lowest BCUT2D eigenvalue weighted by Gasteiger charge is -2.24. The number of hydrogen-bond acceptors (Lipinski definition) is 4. The van der Waals surface area contributed by atoms with Gasteiger partial charge in [-0.2, -0.15) is 13.2 Å². The first-order chi connectivity index (χ1) is 12.5. The molecular formula is C17H21F3N4O3. The molecule has 10 heteroatoms. The van der Waals surface area contributed by atoms with Crippen molar-refractivity contribution in [2.45, 2.75) is 51.3 Å². The predicted molar refractivity (Wildman–Crippen MR) is 90.8 cm³/mol. The molecule has 1 heterocycles. The van der Waals surface area contributed by atoms with Crippen LogP contribution in [0.15, 0.2) is 29.4 Å². The maximum absolute atomic E-state index is 12.6. The molecule has 148 valence electrons. The van der Waals surface area contributed by atoms with Gasteiger partial charge in [0.05, 0.1) is 30.9 Å². The number of azide groups is 1. The lowest BCUT2D eigenvalue weighted by Crippen LogP contribution is -2.36. The van der Waals surface area contributed by atoms with Crippen molar-refractivity contribution in [2.24, 2.45) is 5.11 Å². The van der Waals surface area contributed by atoms with E-state index in [0.717, 1.165) is 12.1 Å². The average molecular weight is 386 g/mol. The topological polar surface area (TPSA) is 87.5 Å². The Balaban J connectivity index is 1.99. The number of ether oxygens (including phenoxy) is 2. The standard InChI is InChI=1S/C17H21F3N4O3/c1-16(2,3)27-15(25)24-8-13(22-23-21)14(9-24)26-10-11-4-6-12(7-5-11)17(18,19)20/h4-7,13-14H,8-10H2,1-3H3/t13-,14-/m0/s1. The summed E-state index contributed by atoms with van der Waals surface area (Å²) in [6.45, 7) is 5.57. The molecule has 1 saturated heterocycles. The lowest BCUT2D eigenvalue weighted by molar-refractivity contribution is -0.137. The third-order valence-corrected chi connectivity index (χ3v) is 3.83. The van der Waals surface area contributed by atoms with Crippen LogP contribution >= 0.6 is 0 Å². The first kappa shape index (κ1) is 20.9. The molecule has 2 rings (SSSR count). The van der Waals surface area contributed by atoms with Crippen LogP contribution in [0.25, 0.3) is 10.4 Å². The SMILES string of the molecule is CC(C)(C)OC(=O)N1C[C@H](N=[N+]=[N-])[C@@H](OCc2ccc(C(F)(F)F)cc2)C1. The van der Waals surface area contributed by atoms with Gasteiger partial charge in [-0.05, 0) is 44.0 Å². The van der Waals surface area contributed by atoms with Gasteiger partial charge in [0.2, 0.25) is 0 Å². The van der Waals surface area contributed by atoms with Crippen LogP contribution in [-0.4, -0.2) is 41.8 Å². The molecule has 1 amide bonds. The van der Waals surface area contributed by atoms with Crippen molar-refractivity contribution in [2.75, 3.05) is 13.1 Å². The fraction of sp³-hybridized carbons (Fsp3) is 0.588. The summed E-state index contributed by atoms with van der Waals surface area (Å²) in [5.74, 6) is 0. The molecule has 0 bridgehead atoms. The Morgan fingerprint density at radius 1 is 1.26 bits per heavy atom. The summed E-state index contributed by atoms with van der Waals surface area (Å²) in [6.07, 6.45) is -5.51. The summed E-state index contributed by atoms with van der Waals surface area (Å²) >= 11 is 0. The van der Waals surface area contributed by atoms with Crippen LogP contribution in [0.2, 0.25) is 0 Å². The van der Waals surface area contributed by atoms with Crippen LogP contribution in [0.3, 0.4) is 0 Å². The number of carbonyl (C=O) groups excluding carboxylic acids is 1. The lowest BCUT2D eigenvalue weighted by atomic mass is 10.1. The summed E-state index contributed by atoms with van der Waals surface area (Å²) in [5, 5.41) is 3.65. The summed E-state index contributed by atoms with van der Waals surface area (Å²) in [6, 6.07) is 4.01. The Bertz CT molecular complexity index is 710. The van der Waals surface area contributed by atoms with Crippen molar-refractivity contribution < 1.29 is 27.4 Å². The van der Waals surface area contributed by atoms with Gasteiger partial charge in [-0.1, -0.05) is 17.2 Å². The Morgan fingerprint density at radius 2 is 1.89 bits per heavy atom. The van der Waals surface area contributed by atoms with Crippen molar-refractivity contribution in [1.29, 1.82) is 0 Å². The molecule has 0 N–H and O–H groups in total. The zero-order valence-corrected chi connectivity index (χ0v) is 15.2. The molecule has 1 aliphatic heterocycles. The molecule has 1 aromatic rings. The molecular weight excluding hydrogens is 365 g/mol. The smallest absolute Gasteiger partial charge is 0.416 e. The van der Waals surface area contributed by atoms with Crippen molar-refractivity contribution in [3.05, 3.63) is 45.8 Å². The zero-order chi connectivity index (χ0) is 20.2. The van der Waals surface area contributed by atoms with Gasteiger partial charge in [0, 0.05) is 11.5 Å². The van der Waals surface area contributed by atoms with E-state index in [9.17, 15) is 18.0 Å². The number of benzene rings is 1. The van der Waals surface area contributed by atoms with Crippen LogP contribution in [0.1, 0.15) is 31.9 Å². The zero-order valence-electron chi connectivity index (χ0n) is 15.2. The van der Waals surface area contributed by atoms with Crippen molar-refractivity contribution >= 4 is 6.09 Å². The third-order valence-electron chi connectivity index (χ3n) is 3.83. The highest BCUT2D eigenvalue weighted by molar-refractivity contribution is 5.68. The quantitative estimate of drug-likeness (QED) is 0.433. The van der Waals surface area contributed by atoms with Crippen LogP contribution in [0.5, 0.6) is 0 Å². The molecule has 0 radical (unpaired) electrons. The van der Waals surface area contributed by atoms with Gasteiger partial charge in [0.1, 0.15) is 5.60 Å². The Labute approximate surface area is 154 Å². The number of carbonyl (C=O) groups is 1. The molecule has 0 spiro atoms. The number of likely N-dealkylation sites (tertiary alicyclic amines) is 1. The molecule has 7 nitrogen and oxygen atoms in total. The van der Waals surface area contributed by atoms with E-state index in [1.807, 2.05) is 0 Å². The van der Waals surface area contributed by atoms with E-state index >= 15 is 0 Å². The second-order valence-corrected chi connectivity index (χ2v) is 7.20. The maximum atomic E-state index is 12.6. The predicted octanol–water partition coefficient (Wildman–Crippen LogP) is 4.52. The third kappa shape index (κ3) is 6.04. The van der Waals surface area contributed by atoms with E-state index < -0.39 is 35.6 Å². The summed E-state index contributed by atoms with van der Waals surface area (Å²) < 4.78 is 48.8. The molecule has 1 fully saturated rings. The molecule has 27 heavy (non-hydrogen) atoms. The van der Waals surface area contributed by atoms with Gasteiger partial charge in [0.15, 0.2) is 0 Å². The minimum atomic E-state index is -4.40. The monoisotopic (exact) mass is 386 g/mol. The van der Waals surface area contributed by atoms with Gasteiger partial charge < -0.3 is 14.4 Å². The van der Waals surface area contributed by atoms with Crippen molar-refractivity contribution in [3.8, 4) is 0 Å². The number of hydrogen-bond donors (Lipinski definition) is 0. The van der Waals surface area contributed by atoms with Crippen LogP contribution < -0.4 is 0 Å². The fourth-order valence-corrected chi connectivity index (χ4v) is 2.57. The van der Waals surface area contributed by atoms with E-state index in [4.69, 9.17) is 15.0 Å². The number of nitrogens with zero attached hydrogens (tertiary/aromatic N) is 4. The van der Waals surface area contributed by atoms with E-state index in [1.165, 1.54) is 17.0 Å². The Morgan fingerprint density at radius 3 is 2.41 bits per heavy atom. The van der Waals surface area contributed by atoms with Crippen LogP contribution in [-0.2, 0) is 22.3 Å². The first-order valence-electron chi connectivity index (χ1n) is 8.29. The summed E-state index contributed by atoms with van der Waals surface area (Å²) in [5.41, 5.74) is 7.85. The number of alkyl halides is 3. The summed E-state index contributed by atoms with van der Waals surface area (Å²) in [4.78, 5) is 16.3. The van der Waals surface area contributed by atoms with Crippen molar-refractivity contribution in [1.82, 2.24) is 4.90 Å². The molecule has 0 saturated carbocycles. The number of amides is 1. The second-order valence-electron chi connectivity index (χ2n) is 7.20. The Hall–Kier alpha value is -2.45. The molecule has 0 unspecified atom stereocenters. The second kappa shape index (κ2) is 8.06. The van der Waals surface area contributed by atoms with E-state index in [1.54, 1.807) is 20.8 Å². The highest BCUT2D eigenvalue weighted by atomic mass is 19.4. The Kier molecular flexibility index (Phi) is 6.22. The maximum Gasteiger partial charge on any atom is 0.416 e. The van der Waals surface area contributed by atoms with Gasteiger partial charge in [-0.15, -0.1) is 0 Å². The fourth-order valence-electron chi connectivity index (χ4n) is 2.57. The van der Waals surface area contributed by atoms with Gasteiger partial charge >= 0.3 is 12.3 Å². The minimum Gasteiger partial charge on any atom is -0.444 e. The van der Waals surface area contributed by atoms with Crippen molar-refractivity contribution in [3.63, 3.8) is 0 Å². The first-order valence-corrected chi connectivity index (χ1v) is 8.29. The van der Waals surface area contributed by atoms with Gasteiger partial charge in [0.25, 0.3) is 0 Å². The van der Waals surface area contributed by atoms with E-state index in [0.29, 0.717) is 5.56 Å².